The molecular formula is C35H50ClN5O2. The molecule has 0 bridgehead atoms. The van der Waals surface area contributed by atoms with Gasteiger partial charge in [0.1, 0.15) is 0 Å². The van der Waals surface area contributed by atoms with Gasteiger partial charge in [0.2, 0.25) is 11.6 Å². The number of anilines is 1. The molecule has 0 aromatic heterocycles. The number of allylic oxidation sites excluding steroid dienone is 2. The number of ketones is 2. The number of hydrogen-bond donors (Lipinski definition) is 4. The van der Waals surface area contributed by atoms with Crippen LogP contribution in [0.1, 0.15) is 69.4 Å². The highest BCUT2D eigenvalue weighted by Gasteiger charge is 2.19. The number of rotatable bonds is 22. The summed E-state index contributed by atoms with van der Waals surface area (Å²) in [5.41, 5.74) is 4.44. The van der Waals surface area contributed by atoms with E-state index in [1.807, 2.05) is 31.3 Å². The first-order valence-electron chi connectivity index (χ1n) is 15.9. The third kappa shape index (κ3) is 12.6. The van der Waals surface area contributed by atoms with Crippen LogP contribution in [0.3, 0.4) is 0 Å². The van der Waals surface area contributed by atoms with Gasteiger partial charge in [0, 0.05) is 56.1 Å². The maximum Gasteiger partial charge on any atom is 0.203 e. The summed E-state index contributed by atoms with van der Waals surface area (Å²) in [6.45, 7) is 8.37. The standard InChI is InChI=1S/C35H50ClN5O2/c1-3-41(27-29-17-9-11-19-31(29)37-2)23-15-7-6-14-22-40-33-25-34(42)32(24-35(33)43)39-21-13-5-4-12-20-38-26-28-16-8-10-18-30(28)36/h8-11,16-19,24-25,37-40H,3-7,12-15,20-23,26-27H2,1-2H3. The minimum Gasteiger partial charge on any atom is -0.388 e. The van der Waals surface area contributed by atoms with Crippen molar-refractivity contribution in [3.8, 4) is 0 Å². The van der Waals surface area contributed by atoms with Gasteiger partial charge in [-0.05, 0) is 68.6 Å². The van der Waals surface area contributed by atoms with E-state index in [9.17, 15) is 9.59 Å². The van der Waals surface area contributed by atoms with E-state index < -0.39 is 0 Å². The number of nitrogens with zero attached hydrogens (tertiary/aromatic N) is 1. The Morgan fingerprint density at radius 1 is 0.698 bits per heavy atom. The van der Waals surface area contributed by atoms with Crippen LogP contribution >= 0.6 is 11.6 Å². The first-order valence-corrected chi connectivity index (χ1v) is 16.3. The number of halogens is 1. The van der Waals surface area contributed by atoms with Crippen molar-refractivity contribution in [1.29, 1.82) is 0 Å². The fraction of sp³-hybridized carbons (Fsp3) is 0.486. The van der Waals surface area contributed by atoms with Crippen molar-refractivity contribution in [1.82, 2.24) is 20.9 Å². The van der Waals surface area contributed by atoms with Gasteiger partial charge in [-0.2, -0.15) is 0 Å². The van der Waals surface area contributed by atoms with Gasteiger partial charge in [0.25, 0.3) is 0 Å². The highest BCUT2D eigenvalue weighted by Crippen LogP contribution is 2.17. The average Bonchev–Trinajstić information content (AvgIpc) is 3.02. The molecule has 0 heterocycles. The second-order valence-electron chi connectivity index (χ2n) is 11.1. The number of nitrogens with one attached hydrogen (secondary N) is 4. The Morgan fingerprint density at radius 2 is 1.26 bits per heavy atom. The molecule has 3 rings (SSSR count). The SMILES string of the molecule is CCN(CCCCCCNC1=CC(=O)C(NCCCCCCNCc2ccccc2Cl)=CC1=O)Cc1ccccc1NC. The smallest absolute Gasteiger partial charge is 0.203 e. The Kier molecular flexibility index (Phi) is 15.9. The van der Waals surface area contributed by atoms with Gasteiger partial charge >= 0.3 is 0 Å². The molecular weight excluding hydrogens is 558 g/mol. The highest BCUT2D eigenvalue weighted by atomic mass is 35.5. The molecule has 0 fully saturated rings. The number of unbranched alkanes of at least 4 members (excludes halogenated alkanes) is 6. The molecule has 0 atom stereocenters. The van der Waals surface area contributed by atoms with Crippen molar-refractivity contribution in [3.63, 3.8) is 0 Å². The molecule has 0 saturated heterocycles. The highest BCUT2D eigenvalue weighted by molar-refractivity contribution is 6.31. The van der Waals surface area contributed by atoms with E-state index in [0.29, 0.717) is 24.5 Å². The van der Waals surface area contributed by atoms with E-state index in [1.165, 1.54) is 23.4 Å². The van der Waals surface area contributed by atoms with Gasteiger partial charge in [0.05, 0.1) is 11.4 Å². The van der Waals surface area contributed by atoms with Crippen LogP contribution in [0.4, 0.5) is 5.69 Å². The molecule has 1 aliphatic rings. The second kappa shape index (κ2) is 19.9. The molecule has 0 amide bonds. The Bertz CT molecular complexity index is 1210. The van der Waals surface area contributed by atoms with Crippen molar-refractivity contribution in [2.24, 2.45) is 0 Å². The van der Waals surface area contributed by atoms with Gasteiger partial charge in [-0.3, -0.25) is 14.5 Å². The Balaban J connectivity index is 1.20. The quantitative estimate of drug-likeness (QED) is 0.0935. The zero-order chi connectivity index (χ0) is 30.7. The van der Waals surface area contributed by atoms with Crippen LogP contribution < -0.4 is 21.3 Å². The summed E-state index contributed by atoms with van der Waals surface area (Å²) in [4.78, 5) is 27.6. The van der Waals surface area contributed by atoms with E-state index in [2.05, 4.69) is 57.4 Å². The first-order chi connectivity index (χ1) is 21.0. The topological polar surface area (TPSA) is 85.5 Å². The number of hydrogen-bond acceptors (Lipinski definition) is 7. The minimum atomic E-state index is -0.134. The Morgan fingerprint density at radius 3 is 1.86 bits per heavy atom. The van der Waals surface area contributed by atoms with E-state index in [1.54, 1.807) is 0 Å². The van der Waals surface area contributed by atoms with Crippen LogP contribution in [0.5, 0.6) is 0 Å². The molecule has 8 heteroatoms. The largest absolute Gasteiger partial charge is 0.388 e. The second-order valence-corrected chi connectivity index (χ2v) is 11.5. The van der Waals surface area contributed by atoms with E-state index in [0.717, 1.165) is 94.7 Å². The van der Waals surface area contributed by atoms with Crippen LogP contribution in [0.2, 0.25) is 5.02 Å². The molecule has 2 aromatic rings. The summed E-state index contributed by atoms with van der Waals surface area (Å²) in [5.74, 6) is -0.266. The van der Waals surface area contributed by atoms with Gasteiger partial charge in [0.15, 0.2) is 0 Å². The van der Waals surface area contributed by atoms with Crippen LogP contribution in [0.25, 0.3) is 0 Å². The lowest BCUT2D eigenvalue weighted by atomic mass is 10.1. The number of para-hydroxylation sites is 1. The molecule has 43 heavy (non-hydrogen) atoms. The molecule has 0 unspecified atom stereocenters. The fourth-order valence-electron chi connectivity index (χ4n) is 5.18. The zero-order valence-electron chi connectivity index (χ0n) is 26.0. The number of carbonyl (C=O) groups is 2. The molecule has 0 saturated carbocycles. The van der Waals surface area contributed by atoms with Crippen molar-refractivity contribution < 1.29 is 9.59 Å². The van der Waals surface area contributed by atoms with Crippen molar-refractivity contribution in [2.75, 3.05) is 45.1 Å². The van der Waals surface area contributed by atoms with Crippen LogP contribution in [0.15, 0.2) is 72.1 Å². The summed E-state index contributed by atoms with van der Waals surface area (Å²) >= 11 is 6.19. The first kappa shape index (κ1) is 34.4. The van der Waals surface area contributed by atoms with Crippen molar-refractivity contribution in [3.05, 3.63) is 88.2 Å². The molecule has 0 aliphatic heterocycles. The van der Waals surface area contributed by atoms with Crippen molar-refractivity contribution in [2.45, 2.75) is 71.4 Å². The average molecular weight is 608 g/mol. The molecule has 0 radical (unpaired) electrons. The van der Waals surface area contributed by atoms with Crippen LogP contribution in [0, 0.1) is 0 Å². The van der Waals surface area contributed by atoms with E-state index in [-0.39, 0.29) is 11.6 Å². The molecule has 1 aliphatic carbocycles. The third-order valence-electron chi connectivity index (χ3n) is 7.80. The summed E-state index contributed by atoms with van der Waals surface area (Å²) in [6.07, 6.45) is 11.5. The van der Waals surface area contributed by atoms with Crippen LogP contribution in [-0.2, 0) is 22.7 Å². The maximum atomic E-state index is 12.6. The van der Waals surface area contributed by atoms with E-state index in [4.69, 9.17) is 11.6 Å². The Hall–Kier alpha value is -3.13. The molecule has 7 nitrogen and oxygen atoms in total. The number of carbonyl (C=O) groups excluding carboxylic acids is 2. The van der Waals surface area contributed by atoms with Gasteiger partial charge < -0.3 is 21.3 Å². The van der Waals surface area contributed by atoms with E-state index >= 15 is 0 Å². The number of benzene rings is 2. The predicted molar refractivity (Wildman–Crippen MR) is 179 cm³/mol. The summed E-state index contributed by atoms with van der Waals surface area (Å²) in [7, 11) is 1.97. The third-order valence-corrected chi connectivity index (χ3v) is 8.16. The summed E-state index contributed by atoms with van der Waals surface area (Å²) < 4.78 is 0. The predicted octanol–water partition coefficient (Wildman–Crippen LogP) is 6.21. The molecule has 2 aromatic carbocycles. The van der Waals surface area contributed by atoms with Crippen LogP contribution in [-0.4, -0.2) is 56.2 Å². The lowest BCUT2D eigenvalue weighted by Crippen LogP contribution is -2.30. The monoisotopic (exact) mass is 607 g/mol. The summed E-state index contributed by atoms with van der Waals surface area (Å²) in [6, 6.07) is 16.4. The zero-order valence-corrected chi connectivity index (χ0v) is 26.8. The molecule has 0 spiro atoms. The lowest BCUT2D eigenvalue weighted by molar-refractivity contribution is -0.115. The summed E-state index contributed by atoms with van der Waals surface area (Å²) in [5, 5.41) is 13.9. The molecule has 234 valence electrons. The van der Waals surface area contributed by atoms with Gasteiger partial charge in [-0.25, -0.2) is 0 Å². The fourth-order valence-corrected chi connectivity index (χ4v) is 5.38. The Labute approximate surface area is 263 Å². The lowest BCUT2D eigenvalue weighted by Gasteiger charge is -2.22. The minimum absolute atomic E-state index is 0.132. The maximum absolute atomic E-state index is 12.6. The van der Waals surface area contributed by atoms with Crippen molar-refractivity contribution >= 4 is 28.9 Å². The molecule has 4 N–H and O–H groups in total. The normalized spacial score (nSPS) is 13.2. The van der Waals surface area contributed by atoms with Gasteiger partial charge in [-0.15, -0.1) is 0 Å². The van der Waals surface area contributed by atoms with Gasteiger partial charge in [-0.1, -0.05) is 80.6 Å².